The molecule has 23 heavy (non-hydrogen) atoms. The quantitative estimate of drug-likeness (QED) is 0.828. The Morgan fingerprint density at radius 3 is 2.65 bits per heavy atom. The second-order valence-corrected chi connectivity index (χ2v) is 7.47. The van der Waals surface area contributed by atoms with Crippen LogP contribution in [0.15, 0.2) is 46.8 Å². The fourth-order valence-corrected chi connectivity index (χ4v) is 3.85. The van der Waals surface area contributed by atoms with Gasteiger partial charge >= 0.3 is 0 Å². The highest BCUT2D eigenvalue weighted by atomic mass is 35.5. The van der Waals surface area contributed by atoms with E-state index in [1.165, 1.54) is 0 Å². The van der Waals surface area contributed by atoms with Gasteiger partial charge in [-0.05, 0) is 30.4 Å². The van der Waals surface area contributed by atoms with Gasteiger partial charge in [-0.3, -0.25) is 4.79 Å². The van der Waals surface area contributed by atoms with Crippen LogP contribution >= 0.6 is 11.6 Å². The lowest BCUT2D eigenvalue weighted by atomic mass is 9.69. The van der Waals surface area contributed by atoms with Gasteiger partial charge in [-0.1, -0.05) is 43.6 Å². The van der Waals surface area contributed by atoms with Crippen LogP contribution in [0.2, 0.25) is 5.02 Å². The molecule has 0 aromatic heterocycles. The zero-order chi connectivity index (χ0) is 16.8. The van der Waals surface area contributed by atoms with Crippen molar-refractivity contribution in [3.63, 3.8) is 0 Å². The third kappa shape index (κ3) is 2.68. The molecule has 1 aromatic rings. The van der Waals surface area contributed by atoms with E-state index >= 15 is 0 Å². The molecule has 0 bridgehead atoms. The summed E-state index contributed by atoms with van der Waals surface area (Å²) in [4.78, 5) is 12.8. The Morgan fingerprint density at radius 2 is 2.00 bits per heavy atom. The summed E-state index contributed by atoms with van der Waals surface area (Å²) in [6, 6.07) is 9.74. The molecule has 118 valence electrons. The van der Waals surface area contributed by atoms with Crippen LogP contribution in [-0.2, 0) is 4.79 Å². The fourth-order valence-electron chi connectivity index (χ4n) is 3.60. The van der Waals surface area contributed by atoms with Gasteiger partial charge < -0.3 is 5.32 Å². The summed E-state index contributed by atoms with van der Waals surface area (Å²) >= 11 is 6.38. The van der Waals surface area contributed by atoms with E-state index in [1.54, 1.807) is 6.07 Å². The first-order chi connectivity index (χ1) is 10.8. The third-order valence-electron chi connectivity index (χ3n) is 4.58. The van der Waals surface area contributed by atoms with E-state index in [4.69, 9.17) is 11.6 Å². The van der Waals surface area contributed by atoms with E-state index in [9.17, 15) is 10.1 Å². The minimum Gasteiger partial charge on any atom is -0.361 e. The Labute approximate surface area is 141 Å². The van der Waals surface area contributed by atoms with Crippen LogP contribution in [0, 0.1) is 16.7 Å². The molecular formula is C19H19ClN2O. The number of halogens is 1. The predicted molar refractivity (Wildman–Crippen MR) is 90.7 cm³/mol. The lowest BCUT2D eigenvalue weighted by Gasteiger charge is -2.38. The summed E-state index contributed by atoms with van der Waals surface area (Å²) in [6.45, 7) is 6.08. The molecule has 1 aliphatic heterocycles. The summed E-state index contributed by atoms with van der Waals surface area (Å²) < 4.78 is 0. The van der Waals surface area contributed by atoms with Crippen molar-refractivity contribution >= 4 is 17.4 Å². The maximum Gasteiger partial charge on any atom is 0.162 e. The zero-order valence-corrected chi connectivity index (χ0v) is 14.3. The molecule has 1 aliphatic carbocycles. The van der Waals surface area contributed by atoms with Crippen LogP contribution in [0.3, 0.4) is 0 Å². The fraction of sp³-hybridized carbons (Fsp3) is 0.368. The van der Waals surface area contributed by atoms with Gasteiger partial charge in [0.05, 0.1) is 17.6 Å². The second-order valence-electron chi connectivity index (χ2n) is 7.06. The number of nitrogens with one attached hydrogen (secondary N) is 1. The molecule has 0 spiro atoms. The zero-order valence-electron chi connectivity index (χ0n) is 13.5. The molecule has 1 atom stereocenters. The molecule has 0 saturated heterocycles. The van der Waals surface area contributed by atoms with Crippen molar-refractivity contribution in [2.75, 3.05) is 0 Å². The first-order valence-corrected chi connectivity index (χ1v) is 8.10. The van der Waals surface area contributed by atoms with E-state index in [2.05, 4.69) is 25.2 Å². The molecule has 0 radical (unpaired) electrons. The van der Waals surface area contributed by atoms with E-state index < -0.39 is 0 Å². The maximum absolute atomic E-state index is 12.8. The number of Topliss-reactive ketones (excluding diaryl/α,β-unsaturated/α-hetero) is 1. The van der Waals surface area contributed by atoms with Gasteiger partial charge in [0.2, 0.25) is 0 Å². The normalized spacial score (nSPS) is 23.3. The summed E-state index contributed by atoms with van der Waals surface area (Å²) in [6.07, 6.45) is 1.29. The molecule has 3 rings (SSSR count). The van der Waals surface area contributed by atoms with Gasteiger partial charge in [0.25, 0.3) is 0 Å². The van der Waals surface area contributed by atoms with Gasteiger partial charge in [0, 0.05) is 28.4 Å². The molecule has 0 saturated carbocycles. The van der Waals surface area contributed by atoms with E-state index in [1.807, 2.05) is 25.1 Å². The van der Waals surface area contributed by atoms with Crippen LogP contribution in [0.4, 0.5) is 0 Å². The Bertz CT molecular complexity index is 796. The topological polar surface area (TPSA) is 52.9 Å². The van der Waals surface area contributed by atoms with Crippen LogP contribution in [-0.4, -0.2) is 5.78 Å². The smallest absolute Gasteiger partial charge is 0.162 e. The summed E-state index contributed by atoms with van der Waals surface area (Å²) in [5.74, 6) is -0.262. The lowest BCUT2D eigenvalue weighted by molar-refractivity contribution is -0.118. The number of carbonyl (C=O) groups excluding carboxylic acids is 1. The number of benzene rings is 1. The minimum atomic E-state index is -0.367. The molecule has 0 unspecified atom stereocenters. The van der Waals surface area contributed by atoms with Crippen LogP contribution in [0.25, 0.3) is 0 Å². The molecule has 1 aromatic carbocycles. The van der Waals surface area contributed by atoms with E-state index in [-0.39, 0.29) is 17.1 Å². The Kier molecular flexibility index (Phi) is 3.82. The number of hydrogen-bond acceptors (Lipinski definition) is 3. The summed E-state index contributed by atoms with van der Waals surface area (Å²) in [5.41, 5.74) is 3.78. The first-order valence-electron chi connectivity index (χ1n) is 7.72. The number of dihydropyridines is 1. The highest BCUT2D eigenvalue weighted by molar-refractivity contribution is 6.31. The maximum atomic E-state index is 12.8. The molecule has 1 N–H and O–H groups in total. The van der Waals surface area contributed by atoms with Crippen molar-refractivity contribution in [2.24, 2.45) is 5.41 Å². The van der Waals surface area contributed by atoms with Gasteiger partial charge in [-0.2, -0.15) is 5.26 Å². The van der Waals surface area contributed by atoms with Crippen molar-refractivity contribution in [3.05, 3.63) is 57.4 Å². The molecule has 2 aliphatic rings. The average Bonchev–Trinajstić information content (AvgIpc) is 2.45. The van der Waals surface area contributed by atoms with E-state index in [0.29, 0.717) is 22.6 Å². The molecule has 3 nitrogen and oxygen atoms in total. The van der Waals surface area contributed by atoms with Crippen molar-refractivity contribution < 1.29 is 4.79 Å². The lowest BCUT2D eigenvalue weighted by Crippen LogP contribution is -2.36. The van der Waals surface area contributed by atoms with Crippen molar-refractivity contribution in [2.45, 2.75) is 39.5 Å². The SMILES string of the molecule is CC1=C(C#N)[C@@H](c2ccccc2Cl)C2=C(CC(C)(C)CC2=O)N1. The Hall–Kier alpha value is -2.05. The number of hydrogen-bond donors (Lipinski definition) is 1. The third-order valence-corrected chi connectivity index (χ3v) is 4.92. The largest absolute Gasteiger partial charge is 0.361 e. The van der Waals surface area contributed by atoms with Gasteiger partial charge in [0.1, 0.15) is 0 Å². The van der Waals surface area contributed by atoms with Gasteiger partial charge in [-0.15, -0.1) is 0 Å². The summed E-state index contributed by atoms with van der Waals surface area (Å²) in [7, 11) is 0. The van der Waals surface area contributed by atoms with Crippen molar-refractivity contribution in [1.29, 1.82) is 5.26 Å². The van der Waals surface area contributed by atoms with Crippen LogP contribution in [0.5, 0.6) is 0 Å². The first kappa shape index (κ1) is 15.8. The Morgan fingerprint density at radius 1 is 1.30 bits per heavy atom. The van der Waals surface area contributed by atoms with Crippen LogP contribution in [0.1, 0.15) is 45.1 Å². The number of rotatable bonds is 1. The predicted octanol–water partition coefficient (Wildman–Crippen LogP) is 4.47. The van der Waals surface area contributed by atoms with Gasteiger partial charge in [0.15, 0.2) is 5.78 Å². The number of allylic oxidation sites excluding steroid dienone is 4. The molecule has 4 heteroatoms. The highest BCUT2D eigenvalue weighted by Gasteiger charge is 2.41. The van der Waals surface area contributed by atoms with Crippen LogP contribution < -0.4 is 5.32 Å². The number of nitrogens with zero attached hydrogens (tertiary/aromatic N) is 1. The van der Waals surface area contributed by atoms with Crippen molar-refractivity contribution in [1.82, 2.24) is 5.32 Å². The number of carbonyl (C=O) groups is 1. The van der Waals surface area contributed by atoms with Crippen molar-refractivity contribution in [3.8, 4) is 6.07 Å². The second kappa shape index (κ2) is 5.54. The average molecular weight is 327 g/mol. The monoisotopic (exact) mass is 326 g/mol. The Balaban J connectivity index is 2.22. The number of ketones is 1. The summed E-state index contributed by atoms with van der Waals surface area (Å²) in [5, 5.41) is 13.5. The highest BCUT2D eigenvalue weighted by Crippen LogP contribution is 2.47. The molecular weight excluding hydrogens is 308 g/mol. The number of nitriles is 1. The van der Waals surface area contributed by atoms with Gasteiger partial charge in [-0.25, -0.2) is 0 Å². The standard InChI is InChI=1S/C19H19ClN2O/c1-11-13(10-21)17(12-6-4-5-7-14(12)20)18-15(22-11)8-19(2,3)9-16(18)23/h4-7,17,22H,8-9H2,1-3H3/t17-/m1/s1. The van der Waals surface area contributed by atoms with E-state index in [0.717, 1.165) is 23.4 Å². The molecule has 1 heterocycles. The minimum absolute atomic E-state index is 0.0711. The molecule has 0 amide bonds. The molecule has 0 fully saturated rings.